The number of benzene rings is 3. The van der Waals surface area contributed by atoms with E-state index < -0.39 is 0 Å². The fraction of sp³-hybridized carbons (Fsp3) is 0.125. The van der Waals surface area contributed by atoms with Gasteiger partial charge in [-0.25, -0.2) is 4.68 Å². The molecule has 4 aromatic rings. The van der Waals surface area contributed by atoms with Crippen molar-refractivity contribution >= 4 is 0 Å². The highest BCUT2D eigenvalue weighted by Crippen LogP contribution is 2.29. The predicted octanol–water partition coefficient (Wildman–Crippen LogP) is 5.42. The second kappa shape index (κ2) is 6.76. The van der Waals surface area contributed by atoms with E-state index >= 15 is 0 Å². The first-order valence-electron chi connectivity index (χ1n) is 9.10. The van der Waals surface area contributed by atoms with Gasteiger partial charge in [0.1, 0.15) is 0 Å². The number of hydrogen-bond acceptors (Lipinski definition) is 1. The van der Waals surface area contributed by atoms with Gasteiger partial charge in [-0.15, -0.1) is 0 Å². The monoisotopic (exact) mass is 354 g/mol. The molecular formula is C24H22N2O. The van der Waals surface area contributed by atoms with E-state index in [2.05, 4.69) is 36.3 Å². The smallest absolute Gasteiger partial charge is 0.279 e. The van der Waals surface area contributed by atoms with Gasteiger partial charge in [0.15, 0.2) is 0 Å². The maximum absolute atomic E-state index is 13.4. The highest BCUT2D eigenvalue weighted by atomic mass is 16.1. The largest absolute Gasteiger partial charge is 0.290 e. The van der Waals surface area contributed by atoms with Crippen LogP contribution < -0.4 is 5.56 Å². The van der Waals surface area contributed by atoms with E-state index in [9.17, 15) is 4.79 Å². The topological polar surface area (TPSA) is 37.8 Å². The average Bonchev–Trinajstić information content (AvgIpc) is 3.00. The van der Waals surface area contributed by atoms with Crippen molar-refractivity contribution < 1.29 is 0 Å². The Morgan fingerprint density at radius 3 is 1.85 bits per heavy atom. The lowest BCUT2D eigenvalue weighted by Crippen LogP contribution is -2.16. The number of para-hydroxylation sites is 1. The Balaban J connectivity index is 2.00. The molecule has 3 heteroatoms. The van der Waals surface area contributed by atoms with Crippen LogP contribution in [-0.4, -0.2) is 9.78 Å². The highest BCUT2D eigenvalue weighted by Gasteiger charge is 2.19. The molecule has 3 aromatic carbocycles. The summed E-state index contributed by atoms with van der Waals surface area (Å²) in [5.41, 5.74) is 7.70. The van der Waals surface area contributed by atoms with Crippen LogP contribution in [0.4, 0.5) is 0 Å². The molecule has 0 unspecified atom stereocenters. The summed E-state index contributed by atoms with van der Waals surface area (Å²) >= 11 is 0. The van der Waals surface area contributed by atoms with Crippen molar-refractivity contribution in [1.29, 1.82) is 0 Å². The lowest BCUT2D eigenvalue weighted by molar-refractivity contribution is 0.846. The maximum Gasteiger partial charge on any atom is 0.279 e. The highest BCUT2D eigenvalue weighted by molar-refractivity contribution is 5.81. The molecule has 0 atom stereocenters. The van der Waals surface area contributed by atoms with E-state index in [1.54, 1.807) is 4.68 Å². The van der Waals surface area contributed by atoms with Crippen LogP contribution in [-0.2, 0) is 0 Å². The van der Waals surface area contributed by atoms with E-state index in [1.807, 2.05) is 62.4 Å². The summed E-state index contributed by atoms with van der Waals surface area (Å²) in [6, 6.07) is 24.3. The summed E-state index contributed by atoms with van der Waals surface area (Å²) in [4.78, 5) is 13.4. The van der Waals surface area contributed by atoms with Gasteiger partial charge in [-0.05, 0) is 38.0 Å². The van der Waals surface area contributed by atoms with Crippen molar-refractivity contribution in [3.05, 3.63) is 99.8 Å². The standard InChI is InChI=1S/C24H22N2O/c1-16-8-12-19(13-9-16)22-23(20-14-10-17(2)11-15-20)25-26(24(22)27)21-7-5-4-6-18(21)3/h4-15,25H,1-3H3. The molecule has 1 N–H and O–H groups in total. The van der Waals surface area contributed by atoms with Gasteiger partial charge in [-0.3, -0.25) is 9.89 Å². The minimum Gasteiger partial charge on any atom is -0.290 e. The Kier molecular flexibility index (Phi) is 4.28. The van der Waals surface area contributed by atoms with E-state index in [-0.39, 0.29) is 5.56 Å². The molecule has 0 amide bonds. The lowest BCUT2D eigenvalue weighted by atomic mass is 10.00. The Morgan fingerprint density at radius 1 is 0.704 bits per heavy atom. The second-order valence-corrected chi connectivity index (χ2v) is 7.02. The van der Waals surface area contributed by atoms with E-state index in [0.29, 0.717) is 5.56 Å². The quantitative estimate of drug-likeness (QED) is 0.524. The molecule has 0 fully saturated rings. The number of aromatic amines is 1. The Bertz CT molecular complexity index is 1150. The first kappa shape index (κ1) is 17.1. The number of H-pyrrole nitrogens is 1. The van der Waals surface area contributed by atoms with Gasteiger partial charge in [0.2, 0.25) is 0 Å². The molecule has 0 bridgehead atoms. The van der Waals surface area contributed by atoms with Crippen molar-refractivity contribution in [3.8, 4) is 28.1 Å². The summed E-state index contributed by atoms with van der Waals surface area (Å²) in [7, 11) is 0. The number of aryl methyl sites for hydroxylation is 3. The Morgan fingerprint density at radius 2 is 1.26 bits per heavy atom. The summed E-state index contributed by atoms with van der Waals surface area (Å²) < 4.78 is 1.65. The Labute approximate surface area is 158 Å². The molecule has 27 heavy (non-hydrogen) atoms. The lowest BCUT2D eigenvalue weighted by Gasteiger charge is -2.05. The van der Waals surface area contributed by atoms with Gasteiger partial charge in [0.05, 0.1) is 16.9 Å². The second-order valence-electron chi connectivity index (χ2n) is 7.02. The van der Waals surface area contributed by atoms with E-state index in [4.69, 9.17) is 0 Å². The summed E-state index contributed by atoms with van der Waals surface area (Å²) in [6.45, 7) is 6.12. The predicted molar refractivity (Wildman–Crippen MR) is 111 cm³/mol. The van der Waals surface area contributed by atoms with Crippen molar-refractivity contribution in [2.75, 3.05) is 0 Å². The molecule has 0 aliphatic carbocycles. The number of hydrogen-bond donors (Lipinski definition) is 1. The van der Waals surface area contributed by atoms with Gasteiger partial charge in [0, 0.05) is 5.56 Å². The van der Waals surface area contributed by atoms with Crippen LogP contribution in [0.1, 0.15) is 16.7 Å². The van der Waals surface area contributed by atoms with Crippen molar-refractivity contribution in [2.45, 2.75) is 20.8 Å². The zero-order chi connectivity index (χ0) is 19.0. The van der Waals surface area contributed by atoms with Gasteiger partial charge in [-0.1, -0.05) is 77.9 Å². The first-order chi connectivity index (χ1) is 13.0. The minimum absolute atomic E-state index is 0.0382. The normalized spacial score (nSPS) is 10.9. The average molecular weight is 354 g/mol. The van der Waals surface area contributed by atoms with Crippen molar-refractivity contribution in [1.82, 2.24) is 9.78 Å². The number of rotatable bonds is 3. The fourth-order valence-corrected chi connectivity index (χ4v) is 3.34. The fourth-order valence-electron chi connectivity index (χ4n) is 3.34. The molecule has 4 rings (SSSR count). The maximum atomic E-state index is 13.4. The summed E-state index contributed by atoms with van der Waals surface area (Å²) in [5.74, 6) is 0. The molecule has 1 aromatic heterocycles. The van der Waals surface area contributed by atoms with Crippen LogP contribution in [0.25, 0.3) is 28.1 Å². The molecule has 0 aliphatic rings. The Hall–Kier alpha value is -3.33. The van der Waals surface area contributed by atoms with Crippen LogP contribution in [0, 0.1) is 20.8 Å². The SMILES string of the molecule is Cc1ccc(-c2[nH]n(-c3ccccc3C)c(=O)c2-c2ccc(C)cc2)cc1. The number of nitrogens with one attached hydrogen (secondary N) is 1. The van der Waals surface area contributed by atoms with Crippen molar-refractivity contribution in [2.24, 2.45) is 0 Å². The van der Waals surface area contributed by atoms with Gasteiger partial charge < -0.3 is 0 Å². The van der Waals surface area contributed by atoms with Crippen LogP contribution >= 0.6 is 0 Å². The number of nitrogens with zero attached hydrogens (tertiary/aromatic N) is 1. The van der Waals surface area contributed by atoms with Crippen LogP contribution in [0.3, 0.4) is 0 Å². The molecule has 3 nitrogen and oxygen atoms in total. The van der Waals surface area contributed by atoms with Gasteiger partial charge in [-0.2, -0.15) is 0 Å². The van der Waals surface area contributed by atoms with Crippen LogP contribution in [0.15, 0.2) is 77.6 Å². The van der Waals surface area contributed by atoms with E-state index in [1.165, 1.54) is 11.1 Å². The molecule has 1 heterocycles. The van der Waals surface area contributed by atoms with Crippen molar-refractivity contribution in [3.63, 3.8) is 0 Å². The molecule has 0 saturated heterocycles. The third kappa shape index (κ3) is 3.13. The number of aromatic nitrogens is 2. The molecular weight excluding hydrogens is 332 g/mol. The van der Waals surface area contributed by atoms with Crippen LogP contribution in [0.2, 0.25) is 0 Å². The minimum atomic E-state index is -0.0382. The third-order valence-electron chi connectivity index (χ3n) is 4.93. The summed E-state index contributed by atoms with van der Waals surface area (Å²) in [5, 5.41) is 3.36. The molecule has 0 aliphatic heterocycles. The zero-order valence-corrected chi connectivity index (χ0v) is 15.8. The third-order valence-corrected chi connectivity index (χ3v) is 4.93. The molecule has 0 radical (unpaired) electrons. The molecule has 134 valence electrons. The van der Waals surface area contributed by atoms with Crippen LogP contribution in [0.5, 0.6) is 0 Å². The molecule has 0 spiro atoms. The summed E-state index contributed by atoms with van der Waals surface area (Å²) in [6.07, 6.45) is 0. The zero-order valence-electron chi connectivity index (χ0n) is 15.8. The molecule has 0 saturated carbocycles. The van der Waals surface area contributed by atoms with E-state index in [0.717, 1.165) is 28.1 Å². The van der Waals surface area contributed by atoms with Gasteiger partial charge >= 0.3 is 0 Å². The van der Waals surface area contributed by atoms with Gasteiger partial charge in [0.25, 0.3) is 5.56 Å². The first-order valence-corrected chi connectivity index (χ1v) is 9.10.